The van der Waals surface area contributed by atoms with Gasteiger partial charge in [-0.3, -0.25) is 9.59 Å². The van der Waals surface area contributed by atoms with E-state index in [9.17, 15) is 9.59 Å². The highest BCUT2D eigenvalue weighted by Crippen LogP contribution is 2.66. The third-order valence-electron chi connectivity index (χ3n) is 8.67. The number of hydrogen-bond acceptors (Lipinski definition) is 4. The van der Waals surface area contributed by atoms with E-state index in [4.69, 9.17) is 9.47 Å². The van der Waals surface area contributed by atoms with Crippen LogP contribution >= 0.6 is 0 Å². The van der Waals surface area contributed by atoms with E-state index in [1.165, 1.54) is 39.5 Å². The summed E-state index contributed by atoms with van der Waals surface area (Å²) < 4.78 is 11.3. The Morgan fingerprint density at radius 2 is 1.74 bits per heavy atom. The average molecular weight is 375 g/mol. The molecule has 0 aromatic carbocycles. The van der Waals surface area contributed by atoms with Gasteiger partial charge in [-0.05, 0) is 86.5 Å². The van der Waals surface area contributed by atoms with Crippen molar-refractivity contribution in [2.45, 2.75) is 85.2 Å². The Morgan fingerprint density at radius 1 is 1.00 bits per heavy atom. The molecule has 4 aliphatic carbocycles. The molecule has 4 nitrogen and oxygen atoms in total. The smallest absolute Gasteiger partial charge is 0.307 e. The highest BCUT2D eigenvalue weighted by Gasteiger charge is 2.59. The van der Waals surface area contributed by atoms with Gasteiger partial charge in [-0.25, -0.2) is 0 Å². The van der Waals surface area contributed by atoms with Crippen molar-refractivity contribution in [3.05, 3.63) is 11.8 Å². The van der Waals surface area contributed by atoms with E-state index in [0.29, 0.717) is 17.8 Å². The van der Waals surface area contributed by atoms with Crippen LogP contribution in [0.3, 0.4) is 0 Å². The van der Waals surface area contributed by atoms with Crippen LogP contribution in [0.5, 0.6) is 0 Å². The summed E-state index contributed by atoms with van der Waals surface area (Å²) in [5.74, 6) is 3.30. The van der Waals surface area contributed by atoms with Gasteiger partial charge in [-0.15, -0.1) is 0 Å². The largest absolute Gasteiger partial charge is 0.463 e. The lowest BCUT2D eigenvalue weighted by Gasteiger charge is -2.60. The first-order chi connectivity index (χ1) is 12.7. The summed E-state index contributed by atoms with van der Waals surface area (Å²) in [6, 6.07) is 0. The minimum absolute atomic E-state index is 0.0139. The quantitative estimate of drug-likeness (QED) is 0.637. The normalized spacial score (nSPS) is 45.8. The van der Waals surface area contributed by atoms with Crippen LogP contribution in [0.2, 0.25) is 0 Å². The molecule has 27 heavy (non-hydrogen) atoms. The second-order valence-corrected chi connectivity index (χ2v) is 10.0. The van der Waals surface area contributed by atoms with E-state index >= 15 is 0 Å². The number of rotatable bonds is 2. The van der Waals surface area contributed by atoms with Crippen molar-refractivity contribution in [1.82, 2.24) is 0 Å². The highest BCUT2D eigenvalue weighted by molar-refractivity contribution is 5.67. The van der Waals surface area contributed by atoms with Gasteiger partial charge >= 0.3 is 11.9 Å². The van der Waals surface area contributed by atoms with Crippen molar-refractivity contribution < 1.29 is 19.1 Å². The standard InChI is InChI=1S/C23H34O4/c1-14(24)26-17-7-5-16-6-8-18-19-9-10-21(27-15(2)25)22(19,3)12-11-20(18)23(16,4)13-17/h10,16-20H,5-9,11-13H2,1-4H3/t16-,17-,18+,19+,20+,22+,23+/m1/s1. The van der Waals surface area contributed by atoms with E-state index in [-0.39, 0.29) is 28.9 Å². The van der Waals surface area contributed by atoms with Crippen molar-refractivity contribution in [2.24, 2.45) is 34.5 Å². The van der Waals surface area contributed by atoms with Crippen LogP contribution in [-0.2, 0) is 19.1 Å². The molecule has 0 N–H and O–H groups in total. The van der Waals surface area contributed by atoms with Gasteiger partial charge in [0.15, 0.2) is 0 Å². The molecule has 0 amide bonds. The van der Waals surface area contributed by atoms with Crippen LogP contribution in [0, 0.1) is 34.5 Å². The molecule has 0 heterocycles. The second kappa shape index (κ2) is 6.63. The number of esters is 2. The monoisotopic (exact) mass is 374 g/mol. The van der Waals surface area contributed by atoms with Crippen molar-refractivity contribution in [1.29, 1.82) is 0 Å². The second-order valence-electron chi connectivity index (χ2n) is 10.0. The van der Waals surface area contributed by atoms with Crippen LogP contribution < -0.4 is 0 Å². The first kappa shape index (κ1) is 19.0. The summed E-state index contributed by atoms with van der Waals surface area (Å²) in [6.07, 6.45) is 11.4. The van der Waals surface area contributed by atoms with Gasteiger partial charge in [-0.1, -0.05) is 13.8 Å². The summed E-state index contributed by atoms with van der Waals surface area (Å²) in [4.78, 5) is 23.1. The van der Waals surface area contributed by atoms with Gasteiger partial charge in [0.05, 0.1) is 0 Å². The van der Waals surface area contributed by atoms with E-state index in [1.54, 1.807) is 0 Å². The predicted octanol–water partition coefficient (Wildman–Crippen LogP) is 5.02. The van der Waals surface area contributed by atoms with E-state index in [1.807, 2.05) is 0 Å². The number of carbonyl (C=O) groups excluding carboxylic acids is 2. The lowest BCUT2D eigenvalue weighted by Crippen LogP contribution is -2.54. The average Bonchev–Trinajstić information content (AvgIpc) is 2.89. The summed E-state index contributed by atoms with van der Waals surface area (Å²) >= 11 is 0. The molecule has 0 aliphatic heterocycles. The Labute approximate surface area is 163 Å². The molecule has 4 rings (SSSR count). The maximum Gasteiger partial charge on any atom is 0.307 e. The molecular weight excluding hydrogens is 340 g/mol. The van der Waals surface area contributed by atoms with Crippen LogP contribution in [0.1, 0.15) is 79.1 Å². The first-order valence-corrected chi connectivity index (χ1v) is 10.8. The van der Waals surface area contributed by atoms with Gasteiger partial charge < -0.3 is 9.47 Å². The maximum atomic E-state index is 11.6. The number of allylic oxidation sites excluding steroid dienone is 2. The van der Waals surface area contributed by atoms with E-state index in [2.05, 4.69) is 19.9 Å². The van der Waals surface area contributed by atoms with Crippen molar-refractivity contribution >= 4 is 11.9 Å². The van der Waals surface area contributed by atoms with Crippen molar-refractivity contribution in [2.75, 3.05) is 0 Å². The summed E-state index contributed by atoms with van der Waals surface area (Å²) in [6.45, 7) is 7.83. The van der Waals surface area contributed by atoms with E-state index in [0.717, 1.165) is 37.4 Å². The molecular formula is C23H34O4. The summed E-state index contributed by atoms with van der Waals surface area (Å²) in [5, 5.41) is 0. The third-order valence-corrected chi connectivity index (χ3v) is 8.67. The number of fused-ring (bicyclic) bond motifs is 5. The molecule has 0 bridgehead atoms. The molecule has 0 unspecified atom stereocenters. The molecule has 0 aromatic rings. The third kappa shape index (κ3) is 3.03. The topological polar surface area (TPSA) is 52.6 Å². The lowest BCUT2D eigenvalue weighted by molar-refractivity contribution is -0.163. The van der Waals surface area contributed by atoms with Gasteiger partial charge in [0.1, 0.15) is 11.9 Å². The fourth-order valence-electron chi connectivity index (χ4n) is 7.48. The lowest BCUT2D eigenvalue weighted by atomic mass is 9.45. The van der Waals surface area contributed by atoms with Crippen LogP contribution in [-0.4, -0.2) is 18.0 Å². The predicted molar refractivity (Wildman–Crippen MR) is 103 cm³/mol. The molecule has 3 fully saturated rings. The molecule has 0 spiro atoms. The van der Waals surface area contributed by atoms with Crippen molar-refractivity contribution in [3.63, 3.8) is 0 Å². The Hall–Kier alpha value is -1.32. The SMILES string of the molecule is CC(=O)OC1=CC[C@H]2[C@@H]3CC[C@H]4CC[C@@H](OC(C)=O)C[C@]4(C)[C@H]3CC[C@]12C. The molecule has 0 saturated heterocycles. The molecule has 0 aromatic heterocycles. The Kier molecular flexibility index (Phi) is 4.67. The molecule has 7 atom stereocenters. The van der Waals surface area contributed by atoms with Crippen LogP contribution in [0.15, 0.2) is 11.8 Å². The number of hydrogen-bond donors (Lipinski definition) is 0. The molecule has 150 valence electrons. The molecule has 3 saturated carbocycles. The fraction of sp³-hybridized carbons (Fsp3) is 0.826. The highest BCUT2D eigenvalue weighted by atomic mass is 16.5. The molecule has 4 aliphatic rings. The van der Waals surface area contributed by atoms with E-state index < -0.39 is 0 Å². The number of carbonyl (C=O) groups is 2. The van der Waals surface area contributed by atoms with Crippen LogP contribution in [0.4, 0.5) is 0 Å². The summed E-state index contributed by atoms with van der Waals surface area (Å²) in [7, 11) is 0. The maximum absolute atomic E-state index is 11.6. The fourth-order valence-corrected chi connectivity index (χ4v) is 7.48. The minimum Gasteiger partial charge on any atom is -0.463 e. The minimum atomic E-state index is -0.197. The van der Waals surface area contributed by atoms with Crippen LogP contribution in [0.25, 0.3) is 0 Å². The summed E-state index contributed by atoms with van der Waals surface area (Å²) in [5.41, 5.74) is 0.285. The zero-order valence-corrected chi connectivity index (χ0v) is 17.3. The van der Waals surface area contributed by atoms with Gasteiger partial charge in [0, 0.05) is 19.3 Å². The van der Waals surface area contributed by atoms with Gasteiger partial charge in [0.2, 0.25) is 0 Å². The zero-order chi connectivity index (χ0) is 19.4. The molecule has 0 radical (unpaired) electrons. The molecule has 4 heteroatoms. The Balaban J connectivity index is 1.56. The first-order valence-electron chi connectivity index (χ1n) is 10.8. The number of ether oxygens (including phenoxy) is 2. The zero-order valence-electron chi connectivity index (χ0n) is 17.3. The van der Waals surface area contributed by atoms with Gasteiger partial charge in [0.25, 0.3) is 0 Å². The Morgan fingerprint density at radius 3 is 2.44 bits per heavy atom. The van der Waals surface area contributed by atoms with Gasteiger partial charge in [-0.2, -0.15) is 0 Å². The Bertz CT molecular complexity index is 667. The van der Waals surface area contributed by atoms with Crippen molar-refractivity contribution in [3.8, 4) is 0 Å².